The molecule has 21 heavy (non-hydrogen) atoms. The molecule has 2 aliphatic heterocycles. The fourth-order valence-electron chi connectivity index (χ4n) is 4.13. The Hall–Kier alpha value is -0.660. The van der Waals surface area contributed by atoms with Gasteiger partial charge in [0.05, 0.1) is 11.9 Å². The van der Waals surface area contributed by atoms with Crippen molar-refractivity contribution in [3.8, 4) is 0 Å². The van der Waals surface area contributed by atoms with Gasteiger partial charge in [-0.1, -0.05) is 12.8 Å². The van der Waals surface area contributed by atoms with Crippen molar-refractivity contribution >= 4 is 16.0 Å². The SMILES string of the molecule is O=C(O)C1CC2CCCCC2N1S(=O)(=O)CC1CCCO1. The summed E-state index contributed by atoms with van der Waals surface area (Å²) in [4.78, 5) is 11.5. The van der Waals surface area contributed by atoms with Gasteiger partial charge in [-0.3, -0.25) is 4.79 Å². The van der Waals surface area contributed by atoms with Crippen LogP contribution >= 0.6 is 0 Å². The first-order chi connectivity index (χ1) is 9.99. The van der Waals surface area contributed by atoms with Gasteiger partial charge in [0.2, 0.25) is 10.0 Å². The third-order valence-corrected chi connectivity index (χ3v) is 7.02. The number of hydrogen-bond acceptors (Lipinski definition) is 4. The first-order valence-corrected chi connectivity index (χ1v) is 9.45. The summed E-state index contributed by atoms with van der Waals surface area (Å²) in [6.07, 6.45) is 5.62. The molecule has 4 atom stereocenters. The molecule has 0 spiro atoms. The van der Waals surface area contributed by atoms with Crippen molar-refractivity contribution in [2.75, 3.05) is 12.4 Å². The van der Waals surface area contributed by atoms with E-state index in [2.05, 4.69) is 0 Å². The second kappa shape index (κ2) is 5.85. The van der Waals surface area contributed by atoms with E-state index in [1.165, 1.54) is 4.31 Å². The number of carboxylic acid groups (broad SMARTS) is 1. The smallest absolute Gasteiger partial charge is 0.322 e. The van der Waals surface area contributed by atoms with Crippen LogP contribution in [0.1, 0.15) is 44.9 Å². The first-order valence-electron chi connectivity index (χ1n) is 7.84. The number of fused-ring (bicyclic) bond motifs is 1. The number of aliphatic carboxylic acids is 1. The average molecular weight is 317 g/mol. The zero-order valence-electron chi connectivity index (χ0n) is 12.1. The van der Waals surface area contributed by atoms with Gasteiger partial charge in [-0.2, -0.15) is 4.31 Å². The minimum Gasteiger partial charge on any atom is -0.480 e. The van der Waals surface area contributed by atoms with Crippen LogP contribution in [0.5, 0.6) is 0 Å². The second-order valence-corrected chi connectivity index (χ2v) is 8.36. The Morgan fingerprint density at radius 2 is 1.95 bits per heavy atom. The summed E-state index contributed by atoms with van der Waals surface area (Å²) >= 11 is 0. The Balaban J connectivity index is 1.83. The number of ether oxygens (including phenoxy) is 1. The van der Waals surface area contributed by atoms with E-state index in [0.29, 0.717) is 13.0 Å². The summed E-state index contributed by atoms with van der Waals surface area (Å²) in [5.41, 5.74) is 0. The fraction of sp³-hybridized carbons (Fsp3) is 0.929. The van der Waals surface area contributed by atoms with Crippen LogP contribution in [-0.4, -0.2) is 54.3 Å². The van der Waals surface area contributed by atoms with E-state index in [1.54, 1.807) is 0 Å². The van der Waals surface area contributed by atoms with E-state index in [1.807, 2.05) is 0 Å². The molecule has 6 nitrogen and oxygen atoms in total. The van der Waals surface area contributed by atoms with Gasteiger partial charge in [-0.05, 0) is 38.0 Å². The van der Waals surface area contributed by atoms with Gasteiger partial charge in [0, 0.05) is 12.6 Å². The van der Waals surface area contributed by atoms with E-state index in [-0.39, 0.29) is 23.8 Å². The monoisotopic (exact) mass is 317 g/mol. The third kappa shape index (κ3) is 2.96. The third-order valence-electron chi connectivity index (χ3n) is 5.06. The van der Waals surface area contributed by atoms with Crippen molar-refractivity contribution in [1.29, 1.82) is 0 Å². The van der Waals surface area contributed by atoms with Gasteiger partial charge in [0.25, 0.3) is 0 Å². The predicted molar refractivity (Wildman–Crippen MR) is 76.4 cm³/mol. The molecule has 3 fully saturated rings. The summed E-state index contributed by atoms with van der Waals surface area (Å²) in [7, 11) is -3.58. The van der Waals surface area contributed by atoms with E-state index in [0.717, 1.165) is 38.5 Å². The highest BCUT2D eigenvalue weighted by atomic mass is 32.2. The highest BCUT2D eigenvalue weighted by molar-refractivity contribution is 7.89. The molecule has 0 aromatic rings. The Labute approximate surface area is 125 Å². The summed E-state index contributed by atoms with van der Waals surface area (Å²) < 4.78 is 32.2. The van der Waals surface area contributed by atoms with E-state index < -0.39 is 22.0 Å². The Morgan fingerprint density at radius 1 is 1.19 bits per heavy atom. The van der Waals surface area contributed by atoms with Crippen LogP contribution in [0.2, 0.25) is 0 Å². The fourth-order valence-corrected chi connectivity index (χ4v) is 6.29. The number of carbonyl (C=O) groups is 1. The molecule has 1 saturated carbocycles. The molecular weight excluding hydrogens is 294 g/mol. The number of carboxylic acids is 1. The van der Waals surface area contributed by atoms with Crippen LogP contribution in [-0.2, 0) is 19.6 Å². The zero-order valence-corrected chi connectivity index (χ0v) is 12.9. The molecule has 3 aliphatic rings. The van der Waals surface area contributed by atoms with Crippen LogP contribution in [0.3, 0.4) is 0 Å². The highest BCUT2D eigenvalue weighted by Gasteiger charge is 2.51. The van der Waals surface area contributed by atoms with Crippen molar-refractivity contribution in [2.24, 2.45) is 5.92 Å². The van der Waals surface area contributed by atoms with Crippen LogP contribution in [0.15, 0.2) is 0 Å². The predicted octanol–water partition coefficient (Wildman–Crippen LogP) is 1.21. The molecule has 0 radical (unpaired) electrons. The molecule has 0 amide bonds. The van der Waals surface area contributed by atoms with Crippen molar-refractivity contribution in [2.45, 2.75) is 63.1 Å². The molecule has 2 saturated heterocycles. The van der Waals surface area contributed by atoms with Gasteiger partial charge >= 0.3 is 5.97 Å². The maximum Gasteiger partial charge on any atom is 0.322 e. The van der Waals surface area contributed by atoms with E-state index >= 15 is 0 Å². The standard InChI is InChI=1S/C14H23NO5S/c16-14(17)13-8-10-4-1-2-6-12(10)15(13)21(18,19)9-11-5-3-7-20-11/h10-13H,1-9H2,(H,16,17). The molecule has 1 N–H and O–H groups in total. The molecule has 2 heterocycles. The number of hydrogen-bond donors (Lipinski definition) is 1. The summed E-state index contributed by atoms with van der Waals surface area (Å²) in [5.74, 6) is -0.876. The van der Waals surface area contributed by atoms with Crippen LogP contribution in [0.25, 0.3) is 0 Å². The lowest BCUT2D eigenvalue weighted by molar-refractivity contribution is -0.141. The van der Waals surface area contributed by atoms with Gasteiger partial charge in [0.1, 0.15) is 6.04 Å². The summed E-state index contributed by atoms with van der Waals surface area (Å²) in [6.45, 7) is 0.606. The normalized spacial score (nSPS) is 37.5. The first kappa shape index (κ1) is 15.2. The van der Waals surface area contributed by atoms with Crippen LogP contribution in [0, 0.1) is 5.92 Å². The lowest BCUT2D eigenvalue weighted by Crippen LogP contribution is -2.48. The van der Waals surface area contributed by atoms with Crippen LogP contribution < -0.4 is 0 Å². The molecule has 1 aliphatic carbocycles. The van der Waals surface area contributed by atoms with E-state index in [4.69, 9.17) is 4.74 Å². The number of nitrogens with zero attached hydrogens (tertiary/aromatic N) is 1. The quantitative estimate of drug-likeness (QED) is 0.842. The van der Waals surface area contributed by atoms with E-state index in [9.17, 15) is 18.3 Å². The maximum atomic E-state index is 12.7. The minimum absolute atomic E-state index is 0.0694. The van der Waals surface area contributed by atoms with Gasteiger partial charge in [0.15, 0.2) is 0 Å². The number of rotatable bonds is 4. The van der Waals surface area contributed by atoms with Crippen molar-refractivity contribution in [1.82, 2.24) is 4.31 Å². The maximum absolute atomic E-state index is 12.7. The Kier molecular flexibility index (Phi) is 4.25. The molecule has 3 rings (SSSR count). The molecule has 0 bridgehead atoms. The molecule has 0 aromatic heterocycles. The lowest BCUT2D eigenvalue weighted by atomic mass is 9.85. The largest absolute Gasteiger partial charge is 0.480 e. The van der Waals surface area contributed by atoms with Gasteiger partial charge in [-0.15, -0.1) is 0 Å². The Morgan fingerprint density at radius 3 is 2.62 bits per heavy atom. The van der Waals surface area contributed by atoms with Crippen molar-refractivity contribution in [3.05, 3.63) is 0 Å². The highest BCUT2D eigenvalue weighted by Crippen LogP contribution is 2.41. The molecule has 120 valence electrons. The zero-order chi connectivity index (χ0) is 15.0. The molecule has 7 heteroatoms. The number of sulfonamides is 1. The molecule has 4 unspecified atom stereocenters. The lowest BCUT2D eigenvalue weighted by Gasteiger charge is -2.32. The second-order valence-electron chi connectivity index (χ2n) is 6.45. The van der Waals surface area contributed by atoms with Gasteiger partial charge in [-0.25, -0.2) is 8.42 Å². The molecular formula is C14H23NO5S. The summed E-state index contributed by atoms with van der Waals surface area (Å²) in [5, 5.41) is 9.42. The minimum atomic E-state index is -3.58. The van der Waals surface area contributed by atoms with Gasteiger partial charge < -0.3 is 9.84 Å². The topological polar surface area (TPSA) is 83.9 Å². The average Bonchev–Trinajstić information content (AvgIpc) is 3.04. The van der Waals surface area contributed by atoms with Crippen molar-refractivity contribution in [3.63, 3.8) is 0 Å². The summed E-state index contributed by atoms with van der Waals surface area (Å²) in [6, 6.07) is -1.00. The molecule has 0 aromatic carbocycles. The van der Waals surface area contributed by atoms with Crippen LogP contribution in [0.4, 0.5) is 0 Å². The van der Waals surface area contributed by atoms with Crippen molar-refractivity contribution < 1.29 is 23.1 Å². The Bertz CT molecular complexity index is 499.